The van der Waals surface area contributed by atoms with Crippen LogP contribution in [0.15, 0.2) is 47.2 Å². The third-order valence-electron chi connectivity index (χ3n) is 2.38. The maximum Gasteiger partial charge on any atom is 0.143 e. The number of hydrogen-bond acceptors (Lipinski definition) is 3. The number of rotatable bonds is 4. The van der Waals surface area contributed by atoms with Gasteiger partial charge in [-0.25, -0.2) is 0 Å². The molecule has 1 aromatic heterocycles. The number of aliphatic hydroxyl groups excluding tert-OH is 1. The Balaban J connectivity index is 2.10. The summed E-state index contributed by atoms with van der Waals surface area (Å²) in [6.07, 6.45) is 3.25. The molecule has 0 fully saturated rings. The van der Waals surface area contributed by atoms with Crippen LogP contribution < -0.4 is 4.74 Å². The van der Waals surface area contributed by atoms with E-state index in [1.807, 2.05) is 24.3 Å². The molecule has 1 heterocycles. The molecule has 0 aliphatic carbocycles. The minimum Gasteiger partial charge on any atom is -0.487 e. The van der Waals surface area contributed by atoms with Gasteiger partial charge in [-0.05, 0) is 12.1 Å². The van der Waals surface area contributed by atoms with Crippen molar-refractivity contribution in [2.45, 2.75) is 13.2 Å². The molecule has 0 aliphatic rings. The van der Waals surface area contributed by atoms with Gasteiger partial charge in [0.05, 0.1) is 12.8 Å². The summed E-state index contributed by atoms with van der Waals surface area (Å²) in [6.45, 7) is 0.397. The Labute approximate surface area is 108 Å². The molecule has 0 aliphatic heterocycles. The van der Waals surface area contributed by atoms with Crippen molar-refractivity contribution in [1.82, 2.24) is 4.98 Å². The highest BCUT2D eigenvalue weighted by molar-refractivity contribution is 9.10. The minimum absolute atomic E-state index is 0.0478. The van der Waals surface area contributed by atoms with Crippen LogP contribution in [0.4, 0.5) is 0 Å². The Kier molecular flexibility index (Phi) is 4.12. The quantitative estimate of drug-likeness (QED) is 0.942. The Bertz CT molecular complexity index is 502. The van der Waals surface area contributed by atoms with Gasteiger partial charge in [0, 0.05) is 21.8 Å². The molecule has 2 aromatic rings. The average Bonchev–Trinajstić information content (AvgIpc) is 2.38. The topological polar surface area (TPSA) is 42.4 Å². The lowest BCUT2D eigenvalue weighted by molar-refractivity contribution is 0.258. The second-order valence-electron chi connectivity index (χ2n) is 3.52. The van der Waals surface area contributed by atoms with Gasteiger partial charge >= 0.3 is 0 Å². The third kappa shape index (κ3) is 3.05. The summed E-state index contributed by atoms with van der Waals surface area (Å²) in [7, 11) is 0. The van der Waals surface area contributed by atoms with Crippen molar-refractivity contribution >= 4 is 15.9 Å². The molecule has 0 saturated carbocycles. The van der Waals surface area contributed by atoms with E-state index in [1.165, 1.54) is 0 Å². The number of ether oxygens (including phenoxy) is 1. The van der Waals surface area contributed by atoms with Crippen molar-refractivity contribution < 1.29 is 9.84 Å². The van der Waals surface area contributed by atoms with Crippen molar-refractivity contribution in [2.24, 2.45) is 0 Å². The molecule has 1 aromatic carbocycles. The van der Waals surface area contributed by atoms with Gasteiger partial charge in [-0.2, -0.15) is 0 Å². The van der Waals surface area contributed by atoms with Gasteiger partial charge in [-0.15, -0.1) is 0 Å². The van der Waals surface area contributed by atoms with Crippen molar-refractivity contribution in [3.05, 3.63) is 58.3 Å². The number of pyridine rings is 1. The van der Waals surface area contributed by atoms with Crippen molar-refractivity contribution in [3.8, 4) is 5.75 Å². The number of aliphatic hydroxyl groups is 1. The van der Waals surface area contributed by atoms with Gasteiger partial charge < -0.3 is 9.84 Å². The van der Waals surface area contributed by atoms with Gasteiger partial charge in [0.1, 0.15) is 12.4 Å². The van der Waals surface area contributed by atoms with Crippen molar-refractivity contribution in [2.75, 3.05) is 0 Å². The van der Waals surface area contributed by atoms with Gasteiger partial charge in [0.2, 0.25) is 0 Å². The normalized spacial score (nSPS) is 10.2. The van der Waals surface area contributed by atoms with Crippen molar-refractivity contribution in [1.29, 1.82) is 0 Å². The average molecular weight is 294 g/mol. The maximum atomic E-state index is 9.15. The number of aromatic nitrogens is 1. The zero-order chi connectivity index (χ0) is 12.1. The fourth-order valence-electron chi connectivity index (χ4n) is 1.44. The van der Waals surface area contributed by atoms with Crippen LogP contribution in [-0.2, 0) is 13.2 Å². The van der Waals surface area contributed by atoms with Crippen LogP contribution in [0.3, 0.4) is 0 Å². The van der Waals surface area contributed by atoms with E-state index in [4.69, 9.17) is 9.84 Å². The monoisotopic (exact) mass is 293 g/mol. The first-order chi connectivity index (χ1) is 8.31. The van der Waals surface area contributed by atoms with Crippen LogP contribution in [0.1, 0.15) is 11.1 Å². The van der Waals surface area contributed by atoms with Gasteiger partial charge in [0.25, 0.3) is 0 Å². The fourth-order valence-corrected chi connectivity index (χ4v) is 1.84. The molecule has 0 radical (unpaired) electrons. The van der Waals surface area contributed by atoms with E-state index < -0.39 is 0 Å². The summed E-state index contributed by atoms with van der Waals surface area (Å²) in [5, 5.41) is 9.15. The van der Waals surface area contributed by atoms with Gasteiger partial charge in [0.15, 0.2) is 0 Å². The number of nitrogens with zero attached hydrogens (tertiary/aromatic N) is 1. The SMILES string of the molecule is OCc1ccncc1OCc1ccccc1Br. The number of halogens is 1. The van der Waals surface area contributed by atoms with E-state index >= 15 is 0 Å². The fraction of sp³-hybridized carbons (Fsp3) is 0.154. The van der Waals surface area contributed by atoms with Crippen LogP contribution >= 0.6 is 15.9 Å². The largest absolute Gasteiger partial charge is 0.487 e. The second-order valence-corrected chi connectivity index (χ2v) is 4.38. The molecule has 0 saturated heterocycles. The summed E-state index contributed by atoms with van der Waals surface area (Å²) < 4.78 is 6.65. The van der Waals surface area contributed by atoms with E-state index in [9.17, 15) is 0 Å². The Morgan fingerprint density at radius 2 is 2.00 bits per heavy atom. The lowest BCUT2D eigenvalue weighted by Crippen LogP contribution is -1.99. The van der Waals surface area contributed by atoms with Crippen LogP contribution in [0.2, 0.25) is 0 Å². The Hall–Kier alpha value is -1.39. The highest BCUT2D eigenvalue weighted by atomic mass is 79.9. The van der Waals surface area contributed by atoms with E-state index in [-0.39, 0.29) is 6.61 Å². The predicted octanol–water partition coefficient (Wildman–Crippen LogP) is 2.92. The van der Waals surface area contributed by atoms with Gasteiger partial charge in [-0.3, -0.25) is 4.98 Å². The van der Waals surface area contributed by atoms with E-state index in [1.54, 1.807) is 18.5 Å². The molecule has 0 unspecified atom stereocenters. The number of benzene rings is 1. The highest BCUT2D eigenvalue weighted by Crippen LogP contribution is 2.21. The second kappa shape index (κ2) is 5.80. The minimum atomic E-state index is -0.0478. The molecular formula is C13H12BrNO2. The molecule has 0 atom stereocenters. The summed E-state index contributed by atoms with van der Waals surface area (Å²) in [5.74, 6) is 0.616. The Morgan fingerprint density at radius 3 is 2.76 bits per heavy atom. The third-order valence-corrected chi connectivity index (χ3v) is 3.16. The lowest BCUT2D eigenvalue weighted by Gasteiger charge is -2.10. The molecule has 3 nitrogen and oxygen atoms in total. The van der Waals surface area contributed by atoms with E-state index in [2.05, 4.69) is 20.9 Å². The zero-order valence-corrected chi connectivity index (χ0v) is 10.7. The molecule has 4 heteroatoms. The highest BCUT2D eigenvalue weighted by Gasteiger charge is 2.04. The first-order valence-corrected chi connectivity index (χ1v) is 6.00. The lowest BCUT2D eigenvalue weighted by atomic mass is 10.2. The molecule has 1 N–H and O–H groups in total. The smallest absolute Gasteiger partial charge is 0.143 e. The first kappa shape index (κ1) is 12.1. The van der Waals surface area contributed by atoms with Crippen LogP contribution in [0.25, 0.3) is 0 Å². The van der Waals surface area contributed by atoms with Crippen LogP contribution in [-0.4, -0.2) is 10.1 Å². The number of hydrogen-bond donors (Lipinski definition) is 1. The Morgan fingerprint density at radius 1 is 1.18 bits per heavy atom. The van der Waals surface area contributed by atoms with E-state index in [0.29, 0.717) is 12.4 Å². The molecule has 17 heavy (non-hydrogen) atoms. The predicted molar refractivity (Wildman–Crippen MR) is 68.6 cm³/mol. The zero-order valence-electron chi connectivity index (χ0n) is 9.14. The van der Waals surface area contributed by atoms with E-state index in [0.717, 1.165) is 15.6 Å². The summed E-state index contributed by atoms with van der Waals surface area (Å²) >= 11 is 3.46. The van der Waals surface area contributed by atoms with Crippen molar-refractivity contribution in [3.63, 3.8) is 0 Å². The first-order valence-electron chi connectivity index (χ1n) is 5.21. The summed E-state index contributed by atoms with van der Waals surface area (Å²) in [6, 6.07) is 9.61. The molecule has 2 rings (SSSR count). The van der Waals surface area contributed by atoms with Crippen LogP contribution in [0, 0.1) is 0 Å². The summed E-state index contributed by atoms with van der Waals surface area (Å²) in [4.78, 5) is 3.98. The molecule has 0 amide bonds. The maximum absolute atomic E-state index is 9.15. The molecule has 0 bridgehead atoms. The van der Waals surface area contributed by atoms with Gasteiger partial charge in [-0.1, -0.05) is 34.1 Å². The molecule has 88 valence electrons. The standard InChI is InChI=1S/C13H12BrNO2/c14-12-4-2-1-3-11(12)9-17-13-7-15-6-5-10(13)8-16/h1-7,16H,8-9H2. The molecule has 0 spiro atoms. The summed E-state index contributed by atoms with van der Waals surface area (Å²) in [5.41, 5.74) is 1.80. The van der Waals surface area contributed by atoms with Crippen LogP contribution in [0.5, 0.6) is 5.75 Å². The molecular weight excluding hydrogens is 282 g/mol.